The van der Waals surface area contributed by atoms with Gasteiger partial charge >= 0.3 is 0 Å². The van der Waals surface area contributed by atoms with Crippen molar-refractivity contribution >= 4 is 23.5 Å². The van der Waals surface area contributed by atoms with Gasteiger partial charge in [-0.15, -0.1) is 5.10 Å². The lowest BCUT2D eigenvalue weighted by molar-refractivity contribution is -0.113. The van der Waals surface area contributed by atoms with E-state index in [2.05, 4.69) is 39.0 Å². The second-order valence-electron chi connectivity index (χ2n) is 8.47. The molecule has 8 nitrogen and oxygen atoms in total. The van der Waals surface area contributed by atoms with Gasteiger partial charge in [-0.3, -0.25) is 4.79 Å². The zero-order valence-corrected chi connectivity index (χ0v) is 18.8. The molecule has 1 N–H and O–H groups in total. The Morgan fingerprint density at radius 3 is 2.76 bits per heavy atom. The molecule has 0 spiro atoms. The maximum Gasteiger partial charge on any atom is 0.236 e. The molecule has 2 heterocycles. The van der Waals surface area contributed by atoms with Crippen molar-refractivity contribution in [1.29, 1.82) is 0 Å². The molecular formula is C24H23N7OS. The molecule has 1 fully saturated rings. The van der Waals surface area contributed by atoms with Crippen molar-refractivity contribution in [3.05, 3.63) is 65.7 Å². The Bertz CT molecular complexity index is 1310. The average Bonchev–Trinajstić information content (AvgIpc) is 3.23. The minimum absolute atomic E-state index is 0.122. The van der Waals surface area contributed by atoms with Crippen LogP contribution in [-0.4, -0.2) is 41.6 Å². The maximum atomic E-state index is 12.8. The van der Waals surface area contributed by atoms with E-state index in [-0.39, 0.29) is 11.7 Å². The molecule has 33 heavy (non-hydrogen) atoms. The van der Waals surface area contributed by atoms with Crippen molar-refractivity contribution in [2.45, 2.75) is 43.3 Å². The number of hydrogen-bond donors (Lipinski definition) is 1. The van der Waals surface area contributed by atoms with E-state index in [9.17, 15) is 4.79 Å². The molecule has 1 saturated carbocycles. The van der Waals surface area contributed by atoms with Crippen molar-refractivity contribution in [3.63, 3.8) is 0 Å². The van der Waals surface area contributed by atoms with Crippen LogP contribution < -0.4 is 5.32 Å². The molecule has 2 aromatic heterocycles. The topological polar surface area (TPSA) is 90.5 Å². The Kier molecular flexibility index (Phi) is 5.18. The van der Waals surface area contributed by atoms with Gasteiger partial charge in [0, 0.05) is 11.6 Å². The fraction of sp³-hybridized carbons (Fsp3) is 0.292. The molecule has 0 atom stereocenters. The number of fused-ring (bicyclic) bond motifs is 1. The third-order valence-electron chi connectivity index (χ3n) is 6.06. The number of aryl methyl sites for hydroxylation is 2. The zero-order chi connectivity index (χ0) is 22.2. The highest BCUT2D eigenvalue weighted by Gasteiger charge is 2.28. The van der Waals surface area contributed by atoms with Crippen LogP contribution in [0.1, 0.15) is 36.4 Å². The van der Waals surface area contributed by atoms with Gasteiger partial charge in [-0.05, 0) is 71.9 Å². The van der Waals surface area contributed by atoms with Gasteiger partial charge in [0.25, 0.3) is 0 Å². The van der Waals surface area contributed by atoms with E-state index >= 15 is 0 Å². The van der Waals surface area contributed by atoms with Crippen LogP contribution in [0.3, 0.4) is 0 Å². The quantitative estimate of drug-likeness (QED) is 0.421. The number of nitrogens with one attached hydrogen (secondary N) is 1. The molecule has 1 amide bonds. The first-order chi connectivity index (χ1) is 16.2. The van der Waals surface area contributed by atoms with E-state index in [4.69, 9.17) is 5.10 Å². The smallest absolute Gasteiger partial charge is 0.236 e. The van der Waals surface area contributed by atoms with Crippen LogP contribution in [-0.2, 0) is 17.6 Å². The molecule has 0 radical (unpaired) electrons. The van der Waals surface area contributed by atoms with Gasteiger partial charge in [0.15, 0.2) is 0 Å². The van der Waals surface area contributed by atoms with Gasteiger partial charge in [0.2, 0.25) is 11.1 Å². The van der Waals surface area contributed by atoms with Gasteiger partial charge in [-0.1, -0.05) is 42.1 Å². The molecule has 4 aromatic rings. The number of aromatic nitrogens is 6. The standard InChI is InChI=1S/C24H23N7OS/c32-23(15-33-24-26-28-29-31(24)20-11-12-20)25-22-14-21(27-30(22)19-7-2-1-3-8-19)18-10-9-16-5-4-6-17(16)13-18/h1-3,7-10,13-14,20H,4-6,11-12,15H2,(H,25,32). The van der Waals surface area contributed by atoms with E-state index in [0.717, 1.165) is 42.6 Å². The Labute approximate surface area is 195 Å². The van der Waals surface area contributed by atoms with Crippen molar-refractivity contribution in [2.24, 2.45) is 0 Å². The lowest BCUT2D eigenvalue weighted by Gasteiger charge is -2.08. The predicted octanol–water partition coefficient (Wildman–Crippen LogP) is 4.08. The van der Waals surface area contributed by atoms with Crippen molar-refractivity contribution in [1.82, 2.24) is 30.0 Å². The van der Waals surface area contributed by atoms with Crippen LogP contribution in [0.25, 0.3) is 16.9 Å². The molecule has 0 unspecified atom stereocenters. The number of anilines is 1. The van der Waals surface area contributed by atoms with Crippen LogP contribution in [0.15, 0.2) is 59.8 Å². The van der Waals surface area contributed by atoms with Gasteiger partial charge in [-0.2, -0.15) is 5.10 Å². The summed E-state index contributed by atoms with van der Waals surface area (Å²) in [5.74, 6) is 0.744. The summed E-state index contributed by atoms with van der Waals surface area (Å²) in [6, 6.07) is 18.7. The van der Waals surface area contributed by atoms with Gasteiger partial charge in [0.1, 0.15) is 5.82 Å². The van der Waals surface area contributed by atoms with E-state index < -0.39 is 0 Å². The fourth-order valence-electron chi connectivity index (χ4n) is 4.25. The third-order valence-corrected chi connectivity index (χ3v) is 6.99. The second kappa shape index (κ2) is 8.47. The van der Waals surface area contributed by atoms with Crippen LogP contribution in [0.5, 0.6) is 0 Å². The van der Waals surface area contributed by atoms with Crippen LogP contribution in [0.2, 0.25) is 0 Å². The van der Waals surface area contributed by atoms with Gasteiger partial charge < -0.3 is 5.32 Å². The number of rotatable bonds is 7. The number of carbonyl (C=O) groups is 1. The summed E-state index contributed by atoms with van der Waals surface area (Å²) in [6.07, 6.45) is 5.65. The van der Waals surface area contributed by atoms with E-state index in [1.165, 1.54) is 29.3 Å². The highest BCUT2D eigenvalue weighted by Crippen LogP contribution is 2.36. The highest BCUT2D eigenvalue weighted by molar-refractivity contribution is 7.99. The molecule has 2 aliphatic rings. The summed E-state index contributed by atoms with van der Waals surface area (Å²) < 4.78 is 3.61. The Hall–Kier alpha value is -3.46. The Morgan fingerprint density at radius 1 is 1.06 bits per heavy atom. The number of benzene rings is 2. The maximum absolute atomic E-state index is 12.8. The molecule has 9 heteroatoms. The molecular weight excluding hydrogens is 434 g/mol. The van der Waals surface area contributed by atoms with Crippen LogP contribution >= 0.6 is 11.8 Å². The SMILES string of the molecule is O=C(CSc1nnnn1C1CC1)Nc1cc(-c2ccc3c(c2)CCC3)nn1-c1ccccc1. The van der Waals surface area contributed by atoms with Crippen molar-refractivity contribution in [2.75, 3.05) is 11.1 Å². The van der Waals surface area contributed by atoms with E-state index in [1.54, 1.807) is 4.68 Å². The minimum Gasteiger partial charge on any atom is -0.310 e. The number of carbonyl (C=O) groups excluding carboxylic acids is 1. The first-order valence-electron chi connectivity index (χ1n) is 11.2. The number of tetrazole rings is 1. The predicted molar refractivity (Wildman–Crippen MR) is 126 cm³/mol. The highest BCUT2D eigenvalue weighted by atomic mass is 32.2. The molecule has 0 saturated heterocycles. The second-order valence-corrected chi connectivity index (χ2v) is 9.42. The molecule has 0 aliphatic heterocycles. The van der Waals surface area contributed by atoms with E-state index in [1.807, 2.05) is 41.1 Å². The summed E-state index contributed by atoms with van der Waals surface area (Å²) in [4.78, 5) is 12.8. The first kappa shape index (κ1) is 20.2. The molecule has 6 rings (SSSR count). The Morgan fingerprint density at radius 2 is 1.91 bits per heavy atom. The monoisotopic (exact) mass is 457 g/mol. The number of hydrogen-bond acceptors (Lipinski definition) is 6. The molecule has 2 aromatic carbocycles. The fourth-order valence-corrected chi connectivity index (χ4v) is 4.99. The number of nitrogens with zero attached hydrogens (tertiary/aromatic N) is 6. The van der Waals surface area contributed by atoms with Crippen molar-refractivity contribution in [3.8, 4) is 16.9 Å². The first-order valence-corrected chi connectivity index (χ1v) is 12.2. The van der Waals surface area contributed by atoms with Gasteiger partial charge in [0.05, 0.1) is 23.2 Å². The summed E-state index contributed by atoms with van der Waals surface area (Å²) >= 11 is 1.35. The lowest BCUT2D eigenvalue weighted by Crippen LogP contribution is -2.17. The summed E-state index contributed by atoms with van der Waals surface area (Å²) in [5.41, 5.74) is 5.64. The zero-order valence-electron chi connectivity index (χ0n) is 18.0. The van der Waals surface area contributed by atoms with Crippen LogP contribution in [0, 0.1) is 0 Å². The van der Waals surface area contributed by atoms with Gasteiger partial charge in [-0.25, -0.2) is 9.36 Å². The largest absolute Gasteiger partial charge is 0.310 e. The van der Waals surface area contributed by atoms with Crippen LogP contribution in [0.4, 0.5) is 5.82 Å². The minimum atomic E-state index is -0.122. The normalized spacial score (nSPS) is 14.9. The summed E-state index contributed by atoms with van der Waals surface area (Å²) in [7, 11) is 0. The van der Waals surface area contributed by atoms with E-state index in [0.29, 0.717) is 17.0 Å². The number of thioether (sulfide) groups is 1. The Balaban J connectivity index is 1.25. The molecule has 2 aliphatic carbocycles. The molecule has 0 bridgehead atoms. The average molecular weight is 458 g/mol. The summed E-state index contributed by atoms with van der Waals surface area (Å²) in [6.45, 7) is 0. The molecule has 166 valence electrons. The number of para-hydroxylation sites is 1. The third kappa shape index (κ3) is 4.16. The van der Waals surface area contributed by atoms with Crippen molar-refractivity contribution < 1.29 is 4.79 Å². The summed E-state index contributed by atoms with van der Waals surface area (Å²) in [5, 5.41) is 20.4. The number of amides is 1. The lowest BCUT2D eigenvalue weighted by atomic mass is 10.0.